The number of anilines is 2. The summed E-state index contributed by atoms with van der Waals surface area (Å²) in [5, 5.41) is 9.65. The maximum absolute atomic E-state index is 14.6. The van der Waals surface area contributed by atoms with E-state index < -0.39 is 5.82 Å². The van der Waals surface area contributed by atoms with E-state index in [1.807, 2.05) is 6.07 Å². The number of amides is 1. The first kappa shape index (κ1) is 26.7. The van der Waals surface area contributed by atoms with Crippen LogP contribution in [0.4, 0.5) is 15.8 Å². The molecule has 1 fully saturated rings. The number of rotatable bonds is 11. The molecule has 4 heterocycles. The van der Waals surface area contributed by atoms with Gasteiger partial charge in [-0.1, -0.05) is 6.07 Å². The lowest BCUT2D eigenvalue weighted by molar-refractivity contribution is -0.107. The van der Waals surface area contributed by atoms with Crippen molar-refractivity contribution in [3.8, 4) is 22.8 Å². The number of nitrogens with zero attached hydrogens (tertiary/aromatic N) is 1. The van der Waals surface area contributed by atoms with Gasteiger partial charge < -0.3 is 35.2 Å². The Labute approximate surface area is 226 Å². The maximum Gasteiger partial charge on any atom is 0.255 e. The first-order valence-corrected chi connectivity index (χ1v) is 13.5. The molecule has 0 spiro atoms. The normalized spacial score (nSPS) is 17.3. The molecule has 9 nitrogen and oxygen atoms in total. The van der Waals surface area contributed by atoms with Gasteiger partial charge in [-0.05, 0) is 62.9 Å². The Bertz CT molecular complexity index is 1320. The Morgan fingerprint density at radius 3 is 2.87 bits per heavy atom. The summed E-state index contributed by atoms with van der Waals surface area (Å²) < 4.78 is 26.2. The van der Waals surface area contributed by atoms with E-state index in [0.717, 1.165) is 49.9 Å². The van der Waals surface area contributed by atoms with Crippen molar-refractivity contribution in [2.45, 2.75) is 38.0 Å². The van der Waals surface area contributed by atoms with Gasteiger partial charge in [-0.15, -0.1) is 0 Å². The number of halogens is 1. The van der Waals surface area contributed by atoms with Gasteiger partial charge in [-0.2, -0.15) is 0 Å². The molecule has 3 aromatic rings. The van der Waals surface area contributed by atoms with Crippen LogP contribution in [0, 0.1) is 11.7 Å². The number of hydrogen-bond donors (Lipinski definition) is 4. The van der Waals surface area contributed by atoms with E-state index in [-0.39, 0.29) is 17.6 Å². The second-order valence-electron chi connectivity index (χ2n) is 9.99. The zero-order valence-corrected chi connectivity index (χ0v) is 22.0. The van der Waals surface area contributed by atoms with Crippen LogP contribution in [0.15, 0.2) is 36.7 Å². The van der Waals surface area contributed by atoms with Crippen LogP contribution in [0.5, 0.6) is 11.5 Å². The Kier molecular flexibility index (Phi) is 8.41. The van der Waals surface area contributed by atoms with Crippen molar-refractivity contribution in [1.29, 1.82) is 0 Å². The van der Waals surface area contributed by atoms with Gasteiger partial charge in [-0.25, -0.2) is 4.39 Å². The quantitative estimate of drug-likeness (QED) is 0.210. The topological polar surface area (TPSA) is 117 Å². The number of hydrogen-bond acceptors (Lipinski definition) is 7. The van der Waals surface area contributed by atoms with E-state index in [4.69, 9.17) is 9.47 Å². The molecule has 2 aliphatic heterocycles. The fourth-order valence-corrected chi connectivity index (χ4v) is 5.40. The predicted octanol–water partition coefficient (Wildman–Crippen LogP) is 4.54. The van der Waals surface area contributed by atoms with Crippen molar-refractivity contribution < 1.29 is 23.5 Å². The summed E-state index contributed by atoms with van der Waals surface area (Å²) in [6.07, 6.45) is 8.25. The minimum Gasteiger partial charge on any atom is -0.492 e. The van der Waals surface area contributed by atoms with Crippen molar-refractivity contribution in [2.75, 3.05) is 38.7 Å². The first-order valence-electron chi connectivity index (χ1n) is 13.5. The average Bonchev–Trinajstić information content (AvgIpc) is 3.34. The first-order chi connectivity index (χ1) is 19.1. The lowest BCUT2D eigenvalue weighted by Crippen LogP contribution is -2.35. The zero-order chi connectivity index (χ0) is 27.2. The number of para-hydroxylation sites is 1. The molecule has 4 N–H and O–H groups in total. The number of piperidine rings is 1. The molecule has 10 heteroatoms. The highest BCUT2D eigenvalue weighted by molar-refractivity contribution is 6.07. The molecule has 1 atom stereocenters. The van der Waals surface area contributed by atoms with Crippen LogP contribution in [0.1, 0.15) is 54.1 Å². The molecule has 0 bridgehead atoms. The van der Waals surface area contributed by atoms with Crippen LogP contribution < -0.4 is 25.4 Å². The summed E-state index contributed by atoms with van der Waals surface area (Å²) >= 11 is 0. The number of nitrogens with one attached hydrogen (secondary N) is 4. The van der Waals surface area contributed by atoms with Gasteiger partial charge in [0.05, 0.1) is 42.5 Å². The predicted molar refractivity (Wildman–Crippen MR) is 146 cm³/mol. The number of methoxy groups -OCH3 is 1. The summed E-state index contributed by atoms with van der Waals surface area (Å²) in [6, 6.07) is 6.46. The molecule has 2 aromatic heterocycles. The summed E-state index contributed by atoms with van der Waals surface area (Å²) in [5.74, 6) is 0.333. The standard InChI is InChI=1S/C29H34FN5O4/c1-38-28-21(30)6-4-7-22(28)34-27-24-25(19(5-2-3-14-36)15-33-29(24)37)35-26(27)20-10-13-32-16-23(20)39-17-18-8-11-31-12-9-18/h4,6-7,10,13-14,16,18-19,31,34-35H,2-3,5,8-9,11-12,15,17H2,1H3,(H,33,37). The molecule has 2 aliphatic rings. The number of H-pyrrole nitrogens is 1. The number of unbranched alkanes of at least 4 members (excludes halogenated alkanes) is 1. The minimum absolute atomic E-state index is 0.0118. The highest BCUT2D eigenvalue weighted by Gasteiger charge is 2.33. The zero-order valence-electron chi connectivity index (χ0n) is 22.0. The number of benzene rings is 1. The lowest BCUT2D eigenvalue weighted by atomic mass is 9.92. The van der Waals surface area contributed by atoms with Crippen molar-refractivity contribution in [3.05, 3.63) is 53.7 Å². The summed E-state index contributed by atoms with van der Waals surface area (Å²) in [7, 11) is 1.41. The van der Waals surface area contributed by atoms with E-state index in [1.54, 1.807) is 24.5 Å². The van der Waals surface area contributed by atoms with Gasteiger partial charge in [0.1, 0.15) is 12.0 Å². The number of fused-ring (bicyclic) bond motifs is 1. The van der Waals surface area contributed by atoms with Gasteiger partial charge in [0, 0.05) is 36.3 Å². The summed E-state index contributed by atoms with van der Waals surface area (Å²) in [4.78, 5) is 32.0. The van der Waals surface area contributed by atoms with Crippen molar-refractivity contribution >= 4 is 23.6 Å². The maximum atomic E-state index is 14.6. The Morgan fingerprint density at radius 1 is 1.23 bits per heavy atom. The van der Waals surface area contributed by atoms with Crippen LogP contribution in [0.25, 0.3) is 11.3 Å². The molecule has 0 aliphatic carbocycles. The minimum atomic E-state index is -0.514. The molecule has 0 saturated carbocycles. The molecule has 39 heavy (non-hydrogen) atoms. The van der Waals surface area contributed by atoms with Gasteiger partial charge >= 0.3 is 0 Å². The van der Waals surface area contributed by atoms with E-state index in [2.05, 4.69) is 25.9 Å². The number of aromatic amines is 1. The van der Waals surface area contributed by atoms with Crippen molar-refractivity contribution in [2.24, 2.45) is 5.92 Å². The van der Waals surface area contributed by atoms with Crippen LogP contribution in [0.3, 0.4) is 0 Å². The molecule has 1 amide bonds. The van der Waals surface area contributed by atoms with Crippen LogP contribution >= 0.6 is 0 Å². The molecule has 0 radical (unpaired) electrons. The number of pyridine rings is 1. The Balaban J connectivity index is 1.58. The highest BCUT2D eigenvalue weighted by atomic mass is 19.1. The third-order valence-electron chi connectivity index (χ3n) is 7.47. The van der Waals surface area contributed by atoms with Gasteiger partial charge in [-0.3, -0.25) is 9.78 Å². The molecule has 206 valence electrons. The molecule has 1 unspecified atom stereocenters. The number of carbonyl (C=O) groups excluding carboxylic acids is 2. The summed E-state index contributed by atoms with van der Waals surface area (Å²) in [6.45, 7) is 2.97. The van der Waals surface area contributed by atoms with Crippen LogP contribution in [-0.2, 0) is 4.79 Å². The average molecular weight is 536 g/mol. The largest absolute Gasteiger partial charge is 0.492 e. The van der Waals surface area contributed by atoms with E-state index >= 15 is 0 Å². The van der Waals surface area contributed by atoms with Crippen molar-refractivity contribution in [3.63, 3.8) is 0 Å². The van der Waals surface area contributed by atoms with Crippen LogP contribution in [-0.4, -0.2) is 55.5 Å². The SMILES string of the molecule is COc1c(F)cccc1Nc1c(-c2ccncc2OCC2CCNCC2)[nH]c2c1C(=O)NCC2CCCC=O. The molecule has 1 saturated heterocycles. The monoisotopic (exact) mass is 535 g/mol. The third-order valence-corrected chi connectivity index (χ3v) is 7.47. The second-order valence-corrected chi connectivity index (χ2v) is 9.99. The number of aromatic nitrogens is 2. The fourth-order valence-electron chi connectivity index (χ4n) is 5.40. The lowest BCUT2D eigenvalue weighted by Gasteiger charge is -2.23. The number of ether oxygens (including phenoxy) is 2. The number of carbonyl (C=O) groups is 2. The third kappa shape index (κ3) is 5.75. The van der Waals surface area contributed by atoms with E-state index in [1.165, 1.54) is 13.2 Å². The van der Waals surface area contributed by atoms with E-state index in [0.29, 0.717) is 60.3 Å². The fraction of sp³-hybridized carbons (Fsp3) is 0.414. The molecular formula is C29H34FN5O4. The summed E-state index contributed by atoms with van der Waals surface area (Å²) in [5.41, 5.74) is 3.52. The van der Waals surface area contributed by atoms with E-state index in [9.17, 15) is 14.0 Å². The van der Waals surface area contributed by atoms with Gasteiger partial charge in [0.15, 0.2) is 11.6 Å². The highest BCUT2D eigenvalue weighted by Crippen LogP contribution is 2.44. The van der Waals surface area contributed by atoms with Gasteiger partial charge in [0.25, 0.3) is 5.91 Å². The Hall–Kier alpha value is -3.92. The number of aldehydes is 1. The molecule has 1 aromatic carbocycles. The van der Waals surface area contributed by atoms with Crippen LogP contribution in [0.2, 0.25) is 0 Å². The molecular weight excluding hydrogens is 501 g/mol. The van der Waals surface area contributed by atoms with Crippen molar-refractivity contribution in [1.82, 2.24) is 20.6 Å². The molecule has 5 rings (SSSR count). The Morgan fingerprint density at radius 2 is 2.08 bits per heavy atom. The van der Waals surface area contributed by atoms with Gasteiger partial charge in [0.2, 0.25) is 0 Å². The smallest absolute Gasteiger partial charge is 0.255 e. The second kappa shape index (κ2) is 12.3.